The summed E-state index contributed by atoms with van der Waals surface area (Å²) < 4.78 is 27.4. The lowest BCUT2D eigenvalue weighted by molar-refractivity contribution is -0.384. The van der Waals surface area contributed by atoms with Gasteiger partial charge in [-0.25, -0.2) is 4.39 Å². The summed E-state index contributed by atoms with van der Waals surface area (Å²) in [5, 5.41) is 11.7. The Hall–Kier alpha value is -3.34. The Labute approximate surface area is 210 Å². The lowest BCUT2D eigenvalue weighted by Crippen LogP contribution is -2.52. The largest absolute Gasteiger partial charge is 0.304 e. The monoisotopic (exact) mass is 533 g/mol. The summed E-state index contributed by atoms with van der Waals surface area (Å²) in [6.45, 7) is 0.0337. The van der Waals surface area contributed by atoms with Crippen LogP contribution in [-0.4, -0.2) is 26.7 Å². The van der Waals surface area contributed by atoms with Gasteiger partial charge in [0.05, 0.1) is 33.0 Å². The molecule has 2 aliphatic heterocycles. The maximum Gasteiger partial charge on any atom is 0.271 e. The number of anilines is 2. The molecule has 0 aliphatic carbocycles. The van der Waals surface area contributed by atoms with Gasteiger partial charge in [0.1, 0.15) is 11.6 Å². The van der Waals surface area contributed by atoms with E-state index in [0.29, 0.717) is 10.6 Å². The number of carbonyl (C=O) groups excluding carboxylic acids is 2. The van der Waals surface area contributed by atoms with Gasteiger partial charge in [-0.3, -0.25) is 28.8 Å². The molecule has 2 aliphatic rings. The summed E-state index contributed by atoms with van der Waals surface area (Å²) in [7, 11) is -2.12. The fourth-order valence-electron chi connectivity index (χ4n) is 4.43. The fraction of sp³-hybridized carbons (Fsp3) is 0.130. The molecule has 1 saturated heterocycles. The third-order valence-corrected chi connectivity index (χ3v) is 8.23. The summed E-state index contributed by atoms with van der Waals surface area (Å²) in [6.07, 6.45) is 0. The van der Waals surface area contributed by atoms with Crippen LogP contribution < -0.4 is 9.80 Å². The van der Waals surface area contributed by atoms with Crippen LogP contribution in [0.2, 0.25) is 10.0 Å². The van der Waals surface area contributed by atoms with Gasteiger partial charge in [-0.1, -0.05) is 35.3 Å². The highest BCUT2D eigenvalue weighted by Gasteiger charge is 2.65. The average Bonchev–Trinajstić information content (AvgIpc) is 3.22. The van der Waals surface area contributed by atoms with Gasteiger partial charge in [0.15, 0.2) is 0 Å². The first-order chi connectivity index (χ1) is 16.6. The van der Waals surface area contributed by atoms with Crippen molar-refractivity contribution in [3.8, 4) is 0 Å². The minimum atomic E-state index is -2.12. The summed E-state index contributed by atoms with van der Waals surface area (Å²) in [5.74, 6) is -2.61. The number of carbonyl (C=O) groups is 2. The van der Waals surface area contributed by atoms with Crippen LogP contribution in [0.3, 0.4) is 0 Å². The Morgan fingerprint density at radius 1 is 1.06 bits per heavy atom. The molecular formula is C23H14Cl2FN3O5S. The number of rotatable bonds is 4. The molecular weight excluding hydrogens is 520 g/mol. The highest BCUT2D eigenvalue weighted by Crippen LogP contribution is 2.52. The van der Waals surface area contributed by atoms with Crippen molar-refractivity contribution < 1.29 is 23.1 Å². The molecule has 1 spiro atoms. The molecule has 3 aromatic rings. The van der Waals surface area contributed by atoms with Crippen LogP contribution in [0.1, 0.15) is 11.1 Å². The normalized spacial score (nSPS) is 21.2. The predicted octanol–water partition coefficient (Wildman–Crippen LogP) is 4.54. The molecule has 35 heavy (non-hydrogen) atoms. The molecule has 2 unspecified atom stereocenters. The van der Waals surface area contributed by atoms with E-state index in [0.717, 1.165) is 23.1 Å². The average molecular weight is 534 g/mol. The molecule has 3 aromatic carbocycles. The van der Waals surface area contributed by atoms with Crippen molar-refractivity contribution in [1.82, 2.24) is 0 Å². The zero-order valence-electron chi connectivity index (χ0n) is 17.6. The number of nitro benzene ring substituents is 1. The second kappa shape index (κ2) is 8.40. The molecule has 8 nitrogen and oxygen atoms in total. The van der Waals surface area contributed by atoms with Crippen molar-refractivity contribution in [1.29, 1.82) is 0 Å². The van der Waals surface area contributed by atoms with Crippen LogP contribution in [0.15, 0.2) is 60.7 Å². The van der Waals surface area contributed by atoms with Gasteiger partial charge in [-0.2, -0.15) is 0 Å². The first kappa shape index (κ1) is 23.4. The number of halogens is 3. The number of nitrogens with zero attached hydrogens (tertiary/aromatic N) is 3. The Bertz CT molecular complexity index is 1450. The van der Waals surface area contributed by atoms with Crippen molar-refractivity contribution in [3.63, 3.8) is 0 Å². The van der Waals surface area contributed by atoms with Crippen molar-refractivity contribution >= 4 is 62.9 Å². The number of benzene rings is 3. The Morgan fingerprint density at radius 2 is 1.77 bits per heavy atom. The van der Waals surface area contributed by atoms with Gasteiger partial charge < -0.3 is 4.90 Å². The molecule has 178 valence electrons. The highest BCUT2D eigenvalue weighted by molar-refractivity contribution is 7.88. The quantitative estimate of drug-likeness (QED) is 0.362. The van der Waals surface area contributed by atoms with E-state index in [9.17, 15) is 28.3 Å². The van der Waals surface area contributed by atoms with E-state index < -0.39 is 44.0 Å². The first-order valence-corrected chi connectivity index (χ1v) is 12.2. The Kier molecular flexibility index (Phi) is 5.62. The Balaban J connectivity index is 1.74. The lowest BCUT2D eigenvalue weighted by atomic mass is 10.0. The molecule has 0 radical (unpaired) electrons. The zero-order chi connectivity index (χ0) is 25.1. The van der Waals surface area contributed by atoms with Crippen LogP contribution in [-0.2, 0) is 31.8 Å². The van der Waals surface area contributed by atoms with E-state index in [1.54, 1.807) is 24.3 Å². The third-order valence-electron chi connectivity index (χ3n) is 5.95. The standard InChI is InChI=1S/C23H14Cl2FN3O5S/c24-14-3-1-13(2-4-14)11-27-20-8-6-16(29(32)33)9-17(20)23(22(27)31)28(21(30)12-35(23)34)15-5-7-19(26)18(25)10-15/h1-10H,11-12H2. The number of fused-ring (bicyclic) bond motifs is 2. The summed E-state index contributed by atoms with van der Waals surface area (Å²) in [5.41, 5.74) is 0.729. The maximum atomic E-state index is 14.1. The van der Waals surface area contributed by atoms with E-state index in [1.807, 2.05) is 0 Å². The van der Waals surface area contributed by atoms with E-state index in [1.165, 1.54) is 23.1 Å². The van der Waals surface area contributed by atoms with E-state index in [-0.39, 0.29) is 34.2 Å². The molecule has 0 aromatic heterocycles. The van der Waals surface area contributed by atoms with E-state index >= 15 is 0 Å². The van der Waals surface area contributed by atoms with Gasteiger partial charge in [0.2, 0.25) is 10.8 Å². The van der Waals surface area contributed by atoms with Gasteiger partial charge >= 0.3 is 0 Å². The summed E-state index contributed by atoms with van der Waals surface area (Å²) in [4.78, 5) is 38.3. The highest BCUT2D eigenvalue weighted by atomic mass is 35.5. The number of hydrogen-bond donors (Lipinski definition) is 0. The minimum Gasteiger partial charge on any atom is -0.304 e. The fourth-order valence-corrected chi connectivity index (χ4v) is 6.41. The lowest BCUT2D eigenvalue weighted by Gasteiger charge is -2.32. The van der Waals surface area contributed by atoms with Crippen LogP contribution in [0.5, 0.6) is 0 Å². The first-order valence-electron chi connectivity index (χ1n) is 10.2. The van der Waals surface area contributed by atoms with Gasteiger partial charge in [0.25, 0.3) is 11.6 Å². The molecule has 12 heteroatoms. The van der Waals surface area contributed by atoms with Crippen LogP contribution in [0.25, 0.3) is 0 Å². The SMILES string of the molecule is O=C1CS(=O)C2(C(=O)N(Cc3ccc(Cl)cc3)c3ccc([N+](=O)[O-])cc32)N1c1ccc(F)c(Cl)c1. The van der Waals surface area contributed by atoms with Crippen molar-refractivity contribution in [2.75, 3.05) is 15.6 Å². The van der Waals surface area contributed by atoms with Crippen molar-refractivity contribution in [2.24, 2.45) is 0 Å². The molecule has 2 amide bonds. The second-order valence-corrected chi connectivity index (χ2v) is 10.4. The van der Waals surface area contributed by atoms with Crippen LogP contribution in [0, 0.1) is 15.9 Å². The number of hydrogen-bond acceptors (Lipinski definition) is 5. The number of non-ortho nitro benzene ring substituents is 1. The van der Waals surface area contributed by atoms with Gasteiger partial charge in [-0.15, -0.1) is 0 Å². The molecule has 0 N–H and O–H groups in total. The van der Waals surface area contributed by atoms with Gasteiger partial charge in [-0.05, 0) is 42.0 Å². The predicted molar refractivity (Wildman–Crippen MR) is 129 cm³/mol. The van der Waals surface area contributed by atoms with Crippen LogP contribution in [0.4, 0.5) is 21.5 Å². The maximum absolute atomic E-state index is 14.1. The minimum absolute atomic E-state index is 0.0337. The third kappa shape index (κ3) is 3.51. The topological polar surface area (TPSA) is 101 Å². The molecule has 5 rings (SSSR count). The second-order valence-electron chi connectivity index (χ2n) is 7.94. The van der Waals surface area contributed by atoms with Crippen molar-refractivity contribution in [2.45, 2.75) is 11.4 Å². The Morgan fingerprint density at radius 3 is 2.43 bits per heavy atom. The number of nitro groups is 1. The summed E-state index contributed by atoms with van der Waals surface area (Å²) >= 11 is 11.9. The molecule has 0 saturated carbocycles. The van der Waals surface area contributed by atoms with Gasteiger partial charge in [0, 0.05) is 28.4 Å². The molecule has 2 atom stereocenters. The molecule has 0 bridgehead atoms. The smallest absolute Gasteiger partial charge is 0.271 e. The van der Waals surface area contributed by atoms with Crippen LogP contribution >= 0.6 is 23.2 Å². The number of amides is 2. The molecule has 1 fully saturated rings. The van der Waals surface area contributed by atoms with E-state index in [4.69, 9.17) is 23.2 Å². The molecule has 2 heterocycles. The summed E-state index contributed by atoms with van der Waals surface area (Å²) in [6, 6.07) is 13.9. The van der Waals surface area contributed by atoms with E-state index in [2.05, 4.69) is 0 Å². The van der Waals surface area contributed by atoms with Crippen molar-refractivity contribution in [3.05, 3.63) is 97.8 Å². The zero-order valence-corrected chi connectivity index (χ0v) is 19.9.